The Balaban J connectivity index is 2.18. The molecule has 1 rings (SSSR count). The van der Waals surface area contributed by atoms with Gasteiger partial charge in [-0.2, -0.15) is 0 Å². The van der Waals surface area contributed by atoms with Gasteiger partial charge in [-0.05, 0) is 26.3 Å². The summed E-state index contributed by atoms with van der Waals surface area (Å²) in [6.45, 7) is 3.56. The molecule has 82 valence electrons. The fourth-order valence-corrected chi connectivity index (χ4v) is 1.62. The Morgan fingerprint density at radius 1 is 1.43 bits per heavy atom. The van der Waals surface area contributed by atoms with E-state index in [1.807, 2.05) is 7.05 Å². The summed E-state index contributed by atoms with van der Waals surface area (Å²) >= 11 is 0. The van der Waals surface area contributed by atoms with E-state index in [9.17, 15) is 4.79 Å². The third-order valence-corrected chi connectivity index (χ3v) is 2.53. The van der Waals surface area contributed by atoms with Gasteiger partial charge >= 0.3 is 0 Å². The number of amides is 1. The van der Waals surface area contributed by atoms with Crippen molar-refractivity contribution in [3.63, 3.8) is 0 Å². The van der Waals surface area contributed by atoms with Gasteiger partial charge in [0.05, 0.1) is 6.10 Å². The molecule has 0 radical (unpaired) electrons. The van der Waals surface area contributed by atoms with Gasteiger partial charge in [0, 0.05) is 13.1 Å². The number of rotatable bonds is 5. The minimum absolute atomic E-state index is 0.0381. The number of nitrogens with one attached hydrogen (secondary N) is 2. The van der Waals surface area contributed by atoms with Crippen LogP contribution in [0.2, 0.25) is 0 Å². The van der Waals surface area contributed by atoms with Gasteiger partial charge in [-0.1, -0.05) is 6.92 Å². The SMILES string of the molecule is CCC1CCC(C(=O)NCCNC)O1. The smallest absolute Gasteiger partial charge is 0.249 e. The van der Waals surface area contributed by atoms with Crippen LogP contribution in [0.15, 0.2) is 0 Å². The molecule has 1 saturated heterocycles. The highest BCUT2D eigenvalue weighted by Crippen LogP contribution is 2.21. The second-order valence-electron chi connectivity index (χ2n) is 3.63. The van der Waals surface area contributed by atoms with Crippen molar-refractivity contribution < 1.29 is 9.53 Å². The van der Waals surface area contributed by atoms with Crippen LogP contribution in [0.5, 0.6) is 0 Å². The maximum atomic E-state index is 11.5. The summed E-state index contributed by atoms with van der Waals surface area (Å²) < 4.78 is 5.57. The average Bonchev–Trinajstić information content (AvgIpc) is 2.66. The van der Waals surface area contributed by atoms with Crippen molar-refractivity contribution in [2.75, 3.05) is 20.1 Å². The molecule has 4 nitrogen and oxygen atoms in total. The monoisotopic (exact) mass is 200 g/mol. The van der Waals surface area contributed by atoms with E-state index in [-0.39, 0.29) is 18.1 Å². The minimum Gasteiger partial charge on any atom is -0.365 e. The zero-order chi connectivity index (χ0) is 10.4. The highest BCUT2D eigenvalue weighted by Gasteiger charge is 2.29. The van der Waals surface area contributed by atoms with Crippen LogP contribution in [0.4, 0.5) is 0 Å². The van der Waals surface area contributed by atoms with Crippen LogP contribution in [0.1, 0.15) is 26.2 Å². The maximum Gasteiger partial charge on any atom is 0.249 e. The molecule has 1 aliphatic rings. The van der Waals surface area contributed by atoms with Crippen LogP contribution < -0.4 is 10.6 Å². The van der Waals surface area contributed by atoms with Crippen LogP contribution in [0, 0.1) is 0 Å². The number of ether oxygens (including phenoxy) is 1. The topological polar surface area (TPSA) is 50.4 Å². The van der Waals surface area contributed by atoms with Crippen LogP contribution in [-0.2, 0) is 9.53 Å². The third kappa shape index (κ3) is 3.27. The molecular weight excluding hydrogens is 180 g/mol. The van der Waals surface area contributed by atoms with Crippen molar-refractivity contribution in [3.05, 3.63) is 0 Å². The van der Waals surface area contributed by atoms with Crippen molar-refractivity contribution in [2.24, 2.45) is 0 Å². The first-order valence-corrected chi connectivity index (χ1v) is 5.35. The maximum absolute atomic E-state index is 11.5. The molecule has 14 heavy (non-hydrogen) atoms. The van der Waals surface area contributed by atoms with E-state index < -0.39 is 0 Å². The summed E-state index contributed by atoms with van der Waals surface area (Å²) in [6, 6.07) is 0. The van der Waals surface area contributed by atoms with Gasteiger partial charge in [-0.15, -0.1) is 0 Å². The molecular formula is C10H20N2O2. The van der Waals surface area contributed by atoms with Crippen molar-refractivity contribution in [3.8, 4) is 0 Å². The molecule has 1 heterocycles. The van der Waals surface area contributed by atoms with Crippen molar-refractivity contribution in [2.45, 2.75) is 38.4 Å². The largest absolute Gasteiger partial charge is 0.365 e. The molecule has 0 saturated carbocycles. The average molecular weight is 200 g/mol. The second-order valence-corrected chi connectivity index (χ2v) is 3.63. The van der Waals surface area contributed by atoms with Crippen LogP contribution >= 0.6 is 0 Å². The van der Waals surface area contributed by atoms with E-state index >= 15 is 0 Å². The highest BCUT2D eigenvalue weighted by atomic mass is 16.5. The number of hydrogen-bond acceptors (Lipinski definition) is 3. The zero-order valence-corrected chi connectivity index (χ0v) is 9.01. The predicted molar refractivity (Wildman–Crippen MR) is 55.1 cm³/mol. The first-order valence-electron chi connectivity index (χ1n) is 5.35. The fraction of sp³-hybridized carbons (Fsp3) is 0.900. The Morgan fingerprint density at radius 3 is 2.79 bits per heavy atom. The lowest BCUT2D eigenvalue weighted by molar-refractivity contribution is -0.132. The van der Waals surface area contributed by atoms with E-state index in [1.54, 1.807) is 0 Å². The Bertz CT molecular complexity index is 185. The second kappa shape index (κ2) is 5.98. The first kappa shape index (κ1) is 11.5. The Labute approximate surface area is 85.4 Å². The predicted octanol–water partition coefficient (Wildman–Crippen LogP) is 0.280. The molecule has 0 aromatic rings. The van der Waals surface area contributed by atoms with E-state index in [4.69, 9.17) is 4.74 Å². The van der Waals surface area contributed by atoms with Crippen LogP contribution in [0.3, 0.4) is 0 Å². The lowest BCUT2D eigenvalue weighted by Gasteiger charge is -2.12. The molecule has 1 aliphatic heterocycles. The summed E-state index contributed by atoms with van der Waals surface area (Å²) in [5, 5.41) is 5.82. The van der Waals surface area contributed by atoms with Gasteiger partial charge in [-0.25, -0.2) is 0 Å². The lowest BCUT2D eigenvalue weighted by atomic mass is 10.1. The molecule has 0 aromatic heterocycles. The van der Waals surface area contributed by atoms with Gasteiger partial charge in [0.15, 0.2) is 0 Å². The molecule has 2 N–H and O–H groups in total. The number of carbonyl (C=O) groups excluding carboxylic acids is 1. The molecule has 2 atom stereocenters. The quantitative estimate of drug-likeness (QED) is 0.627. The Hall–Kier alpha value is -0.610. The van der Waals surface area contributed by atoms with E-state index in [0.717, 1.165) is 25.8 Å². The zero-order valence-electron chi connectivity index (χ0n) is 9.01. The van der Waals surface area contributed by atoms with Crippen molar-refractivity contribution in [1.29, 1.82) is 0 Å². The third-order valence-electron chi connectivity index (χ3n) is 2.53. The fourth-order valence-electron chi connectivity index (χ4n) is 1.62. The molecule has 0 aliphatic carbocycles. The van der Waals surface area contributed by atoms with Gasteiger partial charge in [-0.3, -0.25) is 4.79 Å². The van der Waals surface area contributed by atoms with Crippen LogP contribution in [-0.4, -0.2) is 38.3 Å². The first-order chi connectivity index (χ1) is 6.77. The molecule has 0 spiro atoms. The number of hydrogen-bond donors (Lipinski definition) is 2. The summed E-state index contributed by atoms with van der Waals surface area (Å²) in [4.78, 5) is 11.5. The minimum atomic E-state index is -0.211. The summed E-state index contributed by atoms with van der Waals surface area (Å²) in [6.07, 6.45) is 2.96. The number of carbonyl (C=O) groups is 1. The van der Waals surface area contributed by atoms with Gasteiger partial charge in [0.2, 0.25) is 5.91 Å². The molecule has 2 unspecified atom stereocenters. The van der Waals surface area contributed by atoms with E-state index in [2.05, 4.69) is 17.6 Å². The molecule has 4 heteroatoms. The molecule has 0 aromatic carbocycles. The van der Waals surface area contributed by atoms with E-state index in [1.165, 1.54) is 0 Å². The molecule has 1 fully saturated rings. The Kier molecular flexibility index (Phi) is 4.90. The van der Waals surface area contributed by atoms with Gasteiger partial charge in [0.1, 0.15) is 6.10 Å². The Morgan fingerprint density at radius 2 is 2.21 bits per heavy atom. The van der Waals surface area contributed by atoms with Crippen LogP contribution in [0.25, 0.3) is 0 Å². The van der Waals surface area contributed by atoms with Crippen molar-refractivity contribution in [1.82, 2.24) is 10.6 Å². The highest BCUT2D eigenvalue weighted by molar-refractivity contribution is 5.80. The van der Waals surface area contributed by atoms with Crippen molar-refractivity contribution >= 4 is 5.91 Å². The summed E-state index contributed by atoms with van der Waals surface area (Å²) in [5.74, 6) is 0.0381. The standard InChI is InChI=1S/C10H20N2O2/c1-3-8-4-5-9(14-8)10(13)12-7-6-11-2/h8-9,11H,3-7H2,1-2H3,(H,12,13). The summed E-state index contributed by atoms with van der Waals surface area (Å²) in [7, 11) is 1.87. The normalized spacial score (nSPS) is 26.4. The lowest BCUT2D eigenvalue weighted by Crippen LogP contribution is -2.38. The van der Waals surface area contributed by atoms with E-state index in [0.29, 0.717) is 6.54 Å². The van der Waals surface area contributed by atoms with Gasteiger partial charge < -0.3 is 15.4 Å². The number of likely N-dealkylation sites (N-methyl/N-ethyl adjacent to an activating group) is 1. The molecule has 0 bridgehead atoms. The summed E-state index contributed by atoms with van der Waals surface area (Å²) in [5.41, 5.74) is 0. The molecule has 1 amide bonds. The van der Waals surface area contributed by atoms with Gasteiger partial charge in [0.25, 0.3) is 0 Å².